The van der Waals surface area contributed by atoms with E-state index < -0.39 is 0 Å². The summed E-state index contributed by atoms with van der Waals surface area (Å²) in [7, 11) is 1.54. The summed E-state index contributed by atoms with van der Waals surface area (Å²) in [5.41, 5.74) is 1.26. The van der Waals surface area contributed by atoms with Crippen molar-refractivity contribution in [2.24, 2.45) is 4.99 Å². The van der Waals surface area contributed by atoms with E-state index in [9.17, 15) is 4.79 Å². The van der Waals surface area contributed by atoms with E-state index in [1.165, 1.54) is 11.8 Å². The van der Waals surface area contributed by atoms with Crippen molar-refractivity contribution in [3.8, 4) is 23.8 Å². The minimum Gasteiger partial charge on any atom is -0.493 e. The molecular formula is C20H13Cl2IN2O3S. The predicted octanol–water partition coefficient (Wildman–Crippen LogP) is 5.51. The molecule has 0 bridgehead atoms. The monoisotopic (exact) mass is 558 g/mol. The van der Waals surface area contributed by atoms with Crippen molar-refractivity contribution in [1.82, 2.24) is 5.32 Å². The molecule has 0 radical (unpaired) electrons. The highest BCUT2D eigenvalue weighted by molar-refractivity contribution is 14.1. The summed E-state index contributed by atoms with van der Waals surface area (Å²) in [6, 6.07) is 8.78. The normalized spacial score (nSPS) is 16.0. The first kappa shape index (κ1) is 21.8. The van der Waals surface area contributed by atoms with Crippen LogP contribution < -0.4 is 14.8 Å². The number of thioether (sulfide) groups is 1. The van der Waals surface area contributed by atoms with Gasteiger partial charge in [0.2, 0.25) is 0 Å². The van der Waals surface area contributed by atoms with Gasteiger partial charge in [0, 0.05) is 0 Å². The Morgan fingerprint density at radius 2 is 2.17 bits per heavy atom. The quantitative estimate of drug-likeness (QED) is 0.299. The molecule has 0 aliphatic carbocycles. The zero-order valence-corrected chi connectivity index (χ0v) is 19.4. The molecule has 1 saturated heterocycles. The minimum absolute atomic E-state index is 0.136. The lowest BCUT2D eigenvalue weighted by atomic mass is 10.2. The average molecular weight is 559 g/mol. The fourth-order valence-corrected chi connectivity index (χ4v) is 4.35. The molecule has 1 aliphatic rings. The summed E-state index contributed by atoms with van der Waals surface area (Å²) in [5.74, 6) is 3.26. The van der Waals surface area contributed by atoms with Crippen molar-refractivity contribution in [3.05, 3.63) is 54.4 Å². The van der Waals surface area contributed by atoms with Crippen LogP contribution in [0.25, 0.3) is 6.08 Å². The number of rotatable bonds is 5. The number of ether oxygens (including phenoxy) is 2. The molecule has 1 aliphatic heterocycles. The first-order valence-corrected chi connectivity index (χ1v) is 10.8. The second kappa shape index (κ2) is 9.76. The van der Waals surface area contributed by atoms with Gasteiger partial charge >= 0.3 is 0 Å². The first-order chi connectivity index (χ1) is 13.9. The number of terminal acetylenes is 1. The molecule has 2 aromatic rings. The third-order valence-electron chi connectivity index (χ3n) is 3.65. The highest BCUT2D eigenvalue weighted by Gasteiger charge is 2.24. The molecule has 148 valence electrons. The number of amidine groups is 1. The van der Waals surface area contributed by atoms with Crippen molar-refractivity contribution >= 4 is 80.4 Å². The van der Waals surface area contributed by atoms with Crippen LogP contribution in [0.4, 0.5) is 5.69 Å². The van der Waals surface area contributed by atoms with Crippen molar-refractivity contribution < 1.29 is 14.3 Å². The van der Waals surface area contributed by atoms with E-state index in [-0.39, 0.29) is 12.5 Å². The number of methoxy groups -OCH3 is 1. The molecule has 3 rings (SSSR count). The molecule has 1 heterocycles. The van der Waals surface area contributed by atoms with Crippen LogP contribution in [0.5, 0.6) is 11.5 Å². The van der Waals surface area contributed by atoms with E-state index in [1.54, 1.807) is 37.5 Å². The Labute approximate surface area is 196 Å². The van der Waals surface area contributed by atoms with Gasteiger partial charge in [0.15, 0.2) is 16.7 Å². The van der Waals surface area contributed by atoms with Gasteiger partial charge in [-0.25, -0.2) is 4.99 Å². The highest BCUT2D eigenvalue weighted by atomic mass is 127. The van der Waals surface area contributed by atoms with E-state index in [1.807, 2.05) is 6.07 Å². The van der Waals surface area contributed by atoms with Gasteiger partial charge in [0.1, 0.15) is 6.61 Å². The summed E-state index contributed by atoms with van der Waals surface area (Å²) in [6.45, 7) is 0.136. The van der Waals surface area contributed by atoms with Crippen molar-refractivity contribution in [3.63, 3.8) is 0 Å². The van der Waals surface area contributed by atoms with Gasteiger partial charge < -0.3 is 14.8 Å². The Balaban J connectivity index is 1.89. The number of hydrogen-bond donors (Lipinski definition) is 1. The van der Waals surface area contributed by atoms with E-state index in [2.05, 4.69) is 38.8 Å². The Kier molecular flexibility index (Phi) is 7.35. The van der Waals surface area contributed by atoms with Crippen LogP contribution in [0.2, 0.25) is 10.0 Å². The maximum absolute atomic E-state index is 12.4. The smallest absolute Gasteiger partial charge is 0.264 e. The zero-order valence-electron chi connectivity index (χ0n) is 15.0. The van der Waals surface area contributed by atoms with Gasteiger partial charge in [-0.2, -0.15) is 0 Å². The van der Waals surface area contributed by atoms with Gasteiger partial charge in [-0.1, -0.05) is 35.2 Å². The molecule has 1 amide bonds. The lowest BCUT2D eigenvalue weighted by Crippen LogP contribution is -2.19. The third kappa shape index (κ3) is 5.20. The lowest BCUT2D eigenvalue weighted by Gasteiger charge is -2.12. The summed E-state index contributed by atoms with van der Waals surface area (Å²) in [6.07, 6.45) is 7.00. The van der Waals surface area contributed by atoms with Crippen LogP contribution in [0.15, 0.2) is 40.2 Å². The largest absolute Gasteiger partial charge is 0.493 e. The number of nitrogens with one attached hydrogen (secondary N) is 1. The SMILES string of the molecule is C#CCOc1c(I)cc(/C=C2/SC(=Nc3cccc(Cl)c3Cl)NC2=O)cc1OC. The number of hydrogen-bond acceptors (Lipinski definition) is 5. The first-order valence-electron chi connectivity index (χ1n) is 8.10. The molecule has 0 atom stereocenters. The number of aliphatic imine (C=N–C) groups is 1. The number of halogens is 3. The van der Waals surface area contributed by atoms with E-state index in [0.29, 0.717) is 37.3 Å². The lowest BCUT2D eigenvalue weighted by molar-refractivity contribution is -0.115. The fourth-order valence-electron chi connectivity index (χ4n) is 2.40. The van der Waals surface area contributed by atoms with Crippen LogP contribution in [-0.4, -0.2) is 24.8 Å². The Morgan fingerprint density at radius 1 is 1.38 bits per heavy atom. The van der Waals surface area contributed by atoms with Crippen molar-refractivity contribution in [1.29, 1.82) is 0 Å². The fraction of sp³-hybridized carbons (Fsp3) is 0.100. The summed E-state index contributed by atoms with van der Waals surface area (Å²) >= 11 is 15.5. The molecule has 0 spiro atoms. The summed E-state index contributed by atoms with van der Waals surface area (Å²) < 4.78 is 11.7. The average Bonchev–Trinajstić information content (AvgIpc) is 3.03. The van der Waals surface area contributed by atoms with E-state index >= 15 is 0 Å². The number of carbonyl (C=O) groups is 1. The van der Waals surface area contributed by atoms with Crippen LogP contribution >= 0.6 is 57.6 Å². The number of amides is 1. The molecule has 9 heteroatoms. The van der Waals surface area contributed by atoms with E-state index in [4.69, 9.17) is 39.1 Å². The topological polar surface area (TPSA) is 59.9 Å². The number of nitrogens with zero attached hydrogens (tertiary/aromatic N) is 1. The van der Waals surface area contributed by atoms with Crippen molar-refractivity contribution in [2.75, 3.05) is 13.7 Å². The van der Waals surface area contributed by atoms with Crippen LogP contribution in [0, 0.1) is 15.9 Å². The Bertz CT molecular complexity index is 1080. The molecule has 5 nitrogen and oxygen atoms in total. The molecule has 0 unspecified atom stereocenters. The highest BCUT2D eigenvalue weighted by Crippen LogP contribution is 2.37. The molecular weight excluding hydrogens is 546 g/mol. The number of benzene rings is 2. The minimum atomic E-state index is -0.256. The standard InChI is InChI=1S/C20H13Cl2IN2O3S/c1-3-7-28-18-13(23)8-11(9-15(18)27-2)10-16-19(26)25-20(29-16)24-14-6-4-5-12(21)17(14)22/h1,4-6,8-10H,7H2,2H3,(H,24,25,26)/b16-10+. The Hall–Kier alpha value is -1.86. The molecule has 1 N–H and O–H groups in total. The predicted molar refractivity (Wildman–Crippen MR) is 127 cm³/mol. The third-order valence-corrected chi connectivity index (χ3v) is 6.17. The second-order valence-corrected chi connectivity index (χ2v) is 8.56. The molecule has 2 aromatic carbocycles. The summed E-state index contributed by atoms with van der Waals surface area (Å²) in [5, 5.41) is 3.87. The molecule has 1 fully saturated rings. The second-order valence-electron chi connectivity index (χ2n) is 5.58. The van der Waals surface area contributed by atoms with Gasteiger partial charge in [-0.3, -0.25) is 4.79 Å². The molecule has 0 aromatic heterocycles. The van der Waals surface area contributed by atoms with E-state index in [0.717, 1.165) is 9.13 Å². The number of carbonyl (C=O) groups excluding carboxylic acids is 1. The van der Waals surface area contributed by atoms with Crippen LogP contribution in [-0.2, 0) is 4.79 Å². The van der Waals surface area contributed by atoms with Crippen molar-refractivity contribution in [2.45, 2.75) is 0 Å². The maximum atomic E-state index is 12.4. The Morgan fingerprint density at radius 3 is 2.90 bits per heavy atom. The van der Waals surface area contributed by atoms with Gasteiger partial charge in [-0.15, -0.1) is 6.42 Å². The molecule has 0 saturated carbocycles. The van der Waals surface area contributed by atoms with Gasteiger partial charge in [0.05, 0.1) is 31.3 Å². The summed E-state index contributed by atoms with van der Waals surface area (Å²) in [4.78, 5) is 17.2. The maximum Gasteiger partial charge on any atom is 0.264 e. The van der Waals surface area contributed by atoms with Gasteiger partial charge in [0.25, 0.3) is 5.91 Å². The van der Waals surface area contributed by atoms with Gasteiger partial charge in [-0.05, 0) is 70.3 Å². The van der Waals surface area contributed by atoms with Crippen LogP contribution in [0.3, 0.4) is 0 Å². The molecule has 29 heavy (non-hydrogen) atoms. The van der Waals surface area contributed by atoms with Crippen LogP contribution in [0.1, 0.15) is 5.56 Å². The zero-order chi connectivity index (χ0) is 21.0.